The first-order valence-corrected chi connectivity index (χ1v) is 7.83. The highest BCUT2D eigenvalue weighted by molar-refractivity contribution is 5.82. The molecular formula is C18H17F3N2O2. The fraction of sp³-hybridized carbons (Fsp3) is 0.333. The standard InChI is InChI=1S/C18H17F3N2O2/c1-25-17-12(7-13(10-23-17)18(19,20)21)9-22-16(24)15-8-14(15)11-5-3-2-4-6-11/h2-7,10,14-15H,8-9H2,1H3,(H,22,24)/t14-,15+/m0/s1. The third-order valence-electron chi connectivity index (χ3n) is 4.25. The summed E-state index contributed by atoms with van der Waals surface area (Å²) in [6, 6.07) is 10.6. The Balaban J connectivity index is 1.65. The van der Waals surface area contributed by atoms with Gasteiger partial charge in [0.1, 0.15) is 0 Å². The van der Waals surface area contributed by atoms with Gasteiger partial charge < -0.3 is 10.1 Å². The van der Waals surface area contributed by atoms with Crippen LogP contribution < -0.4 is 10.1 Å². The van der Waals surface area contributed by atoms with Crippen molar-refractivity contribution in [2.75, 3.05) is 7.11 Å². The summed E-state index contributed by atoms with van der Waals surface area (Å²) >= 11 is 0. The fourth-order valence-corrected chi connectivity index (χ4v) is 2.83. The van der Waals surface area contributed by atoms with Crippen LogP contribution in [-0.4, -0.2) is 18.0 Å². The lowest BCUT2D eigenvalue weighted by Crippen LogP contribution is -2.25. The number of halogens is 3. The zero-order valence-electron chi connectivity index (χ0n) is 13.5. The van der Waals surface area contributed by atoms with Crippen LogP contribution in [0.1, 0.15) is 29.0 Å². The average Bonchev–Trinajstić information content (AvgIpc) is 3.40. The van der Waals surface area contributed by atoms with Gasteiger partial charge in [-0.1, -0.05) is 30.3 Å². The van der Waals surface area contributed by atoms with Crippen molar-refractivity contribution < 1.29 is 22.7 Å². The van der Waals surface area contributed by atoms with Gasteiger partial charge in [-0.25, -0.2) is 4.98 Å². The molecule has 1 aliphatic carbocycles. The zero-order chi connectivity index (χ0) is 18.0. The van der Waals surface area contributed by atoms with Gasteiger partial charge in [-0.3, -0.25) is 4.79 Å². The Bertz CT molecular complexity index is 763. The van der Waals surface area contributed by atoms with Crippen molar-refractivity contribution in [3.63, 3.8) is 0 Å². The number of ether oxygens (including phenoxy) is 1. The van der Waals surface area contributed by atoms with E-state index in [-0.39, 0.29) is 35.7 Å². The number of carbonyl (C=O) groups is 1. The third kappa shape index (κ3) is 3.92. The minimum Gasteiger partial charge on any atom is -0.481 e. The molecule has 4 nitrogen and oxygen atoms in total. The number of aromatic nitrogens is 1. The maximum Gasteiger partial charge on any atom is 0.417 e. The van der Waals surface area contributed by atoms with Crippen LogP contribution in [0.25, 0.3) is 0 Å². The van der Waals surface area contributed by atoms with Crippen molar-refractivity contribution in [2.24, 2.45) is 5.92 Å². The number of hydrogen-bond acceptors (Lipinski definition) is 3. The van der Waals surface area contributed by atoms with Gasteiger partial charge in [0.05, 0.1) is 12.7 Å². The van der Waals surface area contributed by atoms with E-state index in [9.17, 15) is 18.0 Å². The van der Waals surface area contributed by atoms with Gasteiger partial charge in [0.2, 0.25) is 11.8 Å². The highest BCUT2D eigenvalue weighted by Crippen LogP contribution is 2.47. The molecule has 1 fully saturated rings. The lowest BCUT2D eigenvalue weighted by Gasteiger charge is -2.12. The third-order valence-corrected chi connectivity index (χ3v) is 4.25. The first-order valence-electron chi connectivity index (χ1n) is 7.83. The van der Waals surface area contributed by atoms with Gasteiger partial charge in [0.25, 0.3) is 0 Å². The molecule has 0 radical (unpaired) electrons. The van der Waals surface area contributed by atoms with Crippen LogP contribution in [0.5, 0.6) is 5.88 Å². The smallest absolute Gasteiger partial charge is 0.417 e. The van der Waals surface area contributed by atoms with E-state index >= 15 is 0 Å². The van der Waals surface area contributed by atoms with Crippen LogP contribution in [0.2, 0.25) is 0 Å². The van der Waals surface area contributed by atoms with Gasteiger partial charge in [0.15, 0.2) is 0 Å². The SMILES string of the molecule is COc1ncc(C(F)(F)F)cc1CNC(=O)[C@@H]1C[C@H]1c1ccccc1. The molecule has 1 amide bonds. The van der Waals surface area contributed by atoms with Gasteiger partial charge in [-0.2, -0.15) is 13.2 Å². The van der Waals surface area contributed by atoms with Crippen LogP contribution in [-0.2, 0) is 17.5 Å². The first-order chi connectivity index (χ1) is 11.9. The number of benzene rings is 1. The highest BCUT2D eigenvalue weighted by atomic mass is 19.4. The maximum absolute atomic E-state index is 12.8. The Labute approximate surface area is 143 Å². The van der Waals surface area contributed by atoms with E-state index < -0.39 is 11.7 Å². The topological polar surface area (TPSA) is 51.2 Å². The van der Waals surface area contributed by atoms with E-state index in [2.05, 4.69) is 10.3 Å². The number of pyridine rings is 1. The summed E-state index contributed by atoms with van der Waals surface area (Å²) in [5.41, 5.74) is 0.426. The predicted octanol–water partition coefficient (Wildman–Crippen LogP) is 3.53. The molecule has 0 spiro atoms. The molecule has 3 rings (SSSR count). The highest BCUT2D eigenvalue weighted by Gasteiger charge is 2.43. The molecular weight excluding hydrogens is 333 g/mol. The molecule has 1 N–H and O–H groups in total. The van der Waals surface area contributed by atoms with E-state index in [0.717, 1.165) is 24.2 Å². The Morgan fingerprint density at radius 2 is 2.04 bits per heavy atom. The Morgan fingerprint density at radius 1 is 1.32 bits per heavy atom. The van der Waals surface area contributed by atoms with Gasteiger partial charge in [-0.05, 0) is 24.0 Å². The number of methoxy groups -OCH3 is 1. The van der Waals surface area contributed by atoms with Gasteiger partial charge >= 0.3 is 6.18 Å². The lowest BCUT2D eigenvalue weighted by atomic mass is 10.1. The van der Waals surface area contributed by atoms with Crippen LogP contribution >= 0.6 is 0 Å². The molecule has 0 saturated heterocycles. The number of nitrogens with zero attached hydrogens (tertiary/aromatic N) is 1. The molecule has 1 aromatic carbocycles. The second-order valence-electron chi connectivity index (χ2n) is 5.97. The Kier molecular flexibility index (Phi) is 4.65. The van der Waals surface area contributed by atoms with E-state index in [1.165, 1.54) is 7.11 Å². The van der Waals surface area contributed by atoms with E-state index in [4.69, 9.17) is 4.74 Å². The normalized spacial score (nSPS) is 19.4. The number of nitrogens with one attached hydrogen (secondary N) is 1. The van der Waals surface area contributed by atoms with Gasteiger partial charge in [-0.15, -0.1) is 0 Å². The number of amides is 1. The molecule has 1 aliphatic rings. The van der Waals surface area contributed by atoms with E-state index in [0.29, 0.717) is 0 Å². The summed E-state index contributed by atoms with van der Waals surface area (Å²) in [5, 5.41) is 2.69. The largest absolute Gasteiger partial charge is 0.481 e. The summed E-state index contributed by atoms with van der Waals surface area (Å²) < 4.78 is 43.4. The monoisotopic (exact) mass is 350 g/mol. The van der Waals surface area contributed by atoms with Crippen molar-refractivity contribution >= 4 is 5.91 Å². The molecule has 25 heavy (non-hydrogen) atoms. The second kappa shape index (κ2) is 6.74. The van der Waals surface area contributed by atoms with Crippen molar-refractivity contribution in [3.05, 3.63) is 59.3 Å². The quantitative estimate of drug-likeness (QED) is 0.898. The first kappa shape index (κ1) is 17.3. The molecule has 132 valence electrons. The molecule has 0 bridgehead atoms. The Morgan fingerprint density at radius 3 is 2.68 bits per heavy atom. The second-order valence-corrected chi connectivity index (χ2v) is 5.97. The van der Waals surface area contributed by atoms with Crippen molar-refractivity contribution in [1.29, 1.82) is 0 Å². The summed E-state index contributed by atoms with van der Waals surface area (Å²) in [4.78, 5) is 15.9. The maximum atomic E-state index is 12.8. The van der Waals surface area contributed by atoms with Crippen LogP contribution in [0.4, 0.5) is 13.2 Å². The average molecular weight is 350 g/mol. The molecule has 2 aromatic rings. The fourth-order valence-electron chi connectivity index (χ4n) is 2.83. The molecule has 0 aliphatic heterocycles. The number of alkyl halides is 3. The summed E-state index contributed by atoms with van der Waals surface area (Å²) in [5.74, 6) is -0.0769. The van der Waals surface area contributed by atoms with Crippen molar-refractivity contribution in [2.45, 2.75) is 25.1 Å². The number of rotatable bonds is 5. The molecule has 7 heteroatoms. The molecule has 2 atom stereocenters. The van der Waals surface area contributed by atoms with E-state index in [1.54, 1.807) is 0 Å². The zero-order valence-corrected chi connectivity index (χ0v) is 13.5. The molecule has 1 saturated carbocycles. The minimum absolute atomic E-state index is 0.0586. The molecule has 1 heterocycles. The predicted molar refractivity (Wildman–Crippen MR) is 84.9 cm³/mol. The van der Waals surface area contributed by atoms with Crippen molar-refractivity contribution in [3.8, 4) is 5.88 Å². The van der Waals surface area contributed by atoms with Crippen LogP contribution in [0.3, 0.4) is 0 Å². The van der Waals surface area contributed by atoms with E-state index in [1.807, 2.05) is 30.3 Å². The molecule has 1 aromatic heterocycles. The Hall–Kier alpha value is -2.57. The lowest BCUT2D eigenvalue weighted by molar-refractivity contribution is -0.137. The van der Waals surface area contributed by atoms with Gasteiger partial charge in [0, 0.05) is 24.2 Å². The summed E-state index contributed by atoms with van der Waals surface area (Å²) in [7, 11) is 1.33. The summed E-state index contributed by atoms with van der Waals surface area (Å²) in [6.45, 7) is -0.0586. The van der Waals surface area contributed by atoms with Crippen LogP contribution in [0, 0.1) is 5.92 Å². The minimum atomic E-state index is -4.49. The van der Waals surface area contributed by atoms with Crippen LogP contribution in [0.15, 0.2) is 42.6 Å². The summed E-state index contributed by atoms with van der Waals surface area (Å²) in [6.07, 6.45) is -3.03. The number of hydrogen-bond donors (Lipinski definition) is 1. The van der Waals surface area contributed by atoms with Crippen molar-refractivity contribution in [1.82, 2.24) is 10.3 Å². The number of carbonyl (C=O) groups excluding carboxylic acids is 1. The molecule has 0 unspecified atom stereocenters.